The SMILES string of the molecule is CCNCc1nnc(N(CC(C)C)C(CC)CC)o1. The Morgan fingerprint density at radius 2 is 1.84 bits per heavy atom. The quantitative estimate of drug-likeness (QED) is 0.746. The van der Waals surface area contributed by atoms with Crippen LogP contribution in [0.4, 0.5) is 6.01 Å². The molecule has 0 aromatic carbocycles. The second-order valence-corrected chi connectivity index (χ2v) is 5.28. The Hall–Kier alpha value is -1.10. The highest BCUT2D eigenvalue weighted by Crippen LogP contribution is 2.20. The molecule has 0 saturated carbocycles. The number of rotatable bonds is 9. The first-order valence-electron chi connectivity index (χ1n) is 7.41. The number of aromatic nitrogens is 2. The van der Waals surface area contributed by atoms with Gasteiger partial charge in [0.1, 0.15) is 0 Å². The first kappa shape index (κ1) is 16.0. The molecule has 0 unspecified atom stereocenters. The van der Waals surface area contributed by atoms with Gasteiger partial charge in [0.2, 0.25) is 5.89 Å². The standard InChI is InChI=1S/C14H28N4O/c1-6-12(7-2)18(10-11(4)5)14-17-16-13(19-14)9-15-8-3/h11-12,15H,6-10H2,1-5H3. The molecule has 1 N–H and O–H groups in total. The topological polar surface area (TPSA) is 54.2 Å². The molecule has 1 aromatic heterocycles. The summed E-state index contributed by atoms with van der Waals surface area (Å²) in [6, 6.07) is 1.13. The van der Waals surface area contributed by atoms with Gasteiger partial charge in [0, 0.05) is 12.6 Å². The van der Waals surface area contributed by atoms with Crippen molar-refractivity contribution in [2.45, 2.75) is 60.0 Å². The number of anilines is 1. The summed E-state index contributed by atoms with van der Waals surface area (Å²) in [5.74, 6) is 1.24. The third kappa shape index (κ3) is 4.82. The second kappa shape index (κ2) is 8.15. The minimum Gasteiger partial charge on any atom is -0.407 e. The van der Waals surface area contributed by atoms with Gasteiger partial charge in [-0.05, 0) is 25.3 Å². The largest absolute Gasteiger partial charge is 0.407 e. The van der Waals surface area contributed by atoms with Gasteiger partial charge < -0.3 is 14.6 Å². The van der Waals surface area contributed by atoms with Gasteiger partial charge in [0.15, 0.2) is 0 Å². The predicted molar refractivity (Wildman–Crippen MR) is 78.2 cm³/mol. The Bertz CT molecular complexity index is 347. The number of nitrogens with one attached hydrogen (secondary N) is 1. The fourth-order valence-corrected chi connectivity index (χ4v) is 2.17. The van der Waals surface area contributed by atoms with Crippen LogP contribution in [-0.2, 0) is 6.54 Å². The van der Waals surface area contributed by atoms with Crippen LogP contribution in [0.2, 0.25) is 0 Å². The maximum atomic E-state index is 5.77. The van der Waals surface area contributed by atoms with E-state index in [0.717, 1.165) is 25.9 Å². The lowest BCUT2D eigenvalue weighted by molar-refractivity contribution is 0.422. The lowest BCUT2D eigenvalue weighted by Gasteiger charge is -2.30. The monoisotopic (exact) mass is 268 g/mol. The Labute approximate surface area is 116 Å². The van der Waals surface area contributed by atoms with Gasteiger partial charge in [-0.3, -0.25) is 0 Å². The molecule has 0 radical (unpaired) electrons. The van der Waals surface area contributed by atoms with Crippen LogP contribution < -0.4 is 10.2 Å². The summed E-state index contributed by atoms with van der Waals surface area (Å²) in [5, 5.41) is 11.5. The molecule has 0 atom stereocenters. The molecule has 1 rings (SSSR count). The smallest absolute Gasteiger partial charge is 0.318 e. The van der Waals surface area contributed by atoms with Crippen molar-refractivity contribution >= 4 is 6.01 Å². The van der Waals surface area contributed by atoms with E-state index in [0.29, 0.717) is 30.4 Å². The summed E-state index contributed by atoms with van der Waals surface area (Å²) >= 11 is 0. The Morgan fingerprint density at radius 1 is 1.16 bits per heavy atom. The third-order valence-electron chi connectivity index (χ3n) is 3.17. The van der Waals surface area contributed by atoms with Crippen LogP contribution in [0, 0.1) is 5.92 Å². The molecular weight excluding hydrogens is 240 g/mol. The van der Waals surface area contributed by atoms with Gasteiger partial charge in [-0.2, -0.15) is 0 Å². The number of hydrogen-bond donors (Lipinski definition) is 1. The van der Waals surface area contributed by atoms with Crippen LogP contribution >= 0.6 is 0 Å². The van der Waals surface area contributed by atoms with Crippen molar-refractivity contribution in [3.8, 4) is 0 Å². The van der Waals surface area contributed by atoms with Crippen LogP contribution in [-0.4, -0.2) is 29.3 Å². The fourth-order valence-electron chi connectivity index (χ4n) is 2.17. The molecule has 0 amide bonds. The van der Waals surface area contributed by atoms with E-state index in [1.165, 1.54) is 0 Å². The molecule has 1 heterocycles. The van der Waals surface area contributed by atoms with Crippen LogP contribution in [0.3, 0.4) is 0 Å². The molecule has 0 bridgehead atoms. The van der Waals surface area contributed by atoms with E-state index in [4.69, 9.17) is 4.42 Å². The Kier molecular flexibility index (Phi) is 6.84. The average molecular weight is 268 g/mol. The summed E-state index contributed by atoms with van der Waals surface area (Å²) in [6.45, 7) is 13.4. The second-order valence-electron chi connectivity index (χ2n) is 5.28. The summed E-state index contributed by atoms with van der Waals surface area (Å²) in [6.07, 6.45) is 2.18. The van der Waals surface area contributed by atoms with Crippen molar-refractivity contribution in [1.82, 2.24) is 15.5 Å². The first-order chi connectivity index (χ1) is 9.12. The lowest BCUT2D eigenvalue weighted by atomic mass is 10.1. The maximum Gasteiger partial charge on any atom is 0.318 e. The van der Waals surface area contributed by atoms with Gasteiger partial charge in [0.05, 0.1) is 6.54 Å². The minimum absolute atomic E-state index is 0.467. The third-order valence-corrected chi connectivity index (χ3v) is 3.17. The summed E-state index contributed by atoms with van der Waals surface area (Å²) in [5.41, 5.74) is 0. The van der Waals surface area contributed by atoms with Crippen molar-refractivity contribution in [1.29, 1.82) is 0 Å². The van der Waals surface area contributed by atoms with Crippen molar-refractivity contribution in [3.05, 3.63) is 5.89 Å². The normalized spacial score (nSPS) is 11.5. The molecular formula is C14H28N4O. The highest BCUT2D eigenvalue weighted by molar-refractivity contribution is 5.26. The van der Waals surface area contributed by atoms with Gasteiger partial charge in [-0.25, -0.2) is 0 Å². The Balaban J connectivity index is 2.81. The van der Waals surface area contributed by atoms with Crippen LogP contribution in [0.25, 0.3) is 0 Å². The highest BCUT2D eigenvalue weighted by atomic mass is 16.4. The molecule has 110 valence electrons. The zero-order chi connectivity index (χ0) is 14.3. The van der Waals surface area contributed by atoms with Crippen molar-refractivity contribution in [3.63, 3.8) is 0 Å². The molecule has 5 nitrogen and oxygen atoms in total. The van der Waals surface area contributed by atoms with E-state index in [2.05, 4.69) is 55.0 Å². The maximum absolute atomic E-state index is 5.77. The zero-order valence-electron chi connectivity index (χ0n) is 12.9. The van der Waals surface area contributed by atoms with Gasteiger partial charge in [-0.1, -0.05) is 39.7 Å². The van der Waals surface area contributed by atoms with E-state index >= 15 is 0 Å². The van der Waals surface area contributed by atoms with Crippen LogP contribution in [0.15, 0.2) is 4.42 Å². The molecule has 0 spiro atoms. The van der Waals surface area contributed by atoms with Crippen LogP contribution in [0.5, 0.6) is 0 Å². The summed E-state index contributed by atoms with van der Waals surface area (Å²) in [4.78, 5) is 2.26. The molecule has 0 fully saturated rings. The molecule has 0 aliphatic heterocycles. The van der Waals surface area contributed by atoms with E-state index in [1.807, 2.05) is 0 Å². The zero-order valence-corrected chi connectivity index (χ0v) is 12.9. The molecule has 0 saturated heterocycles. The molecule has 19 heavy (non-hydrogen) atoms. The highest BCUT2D eigenvalue weighted by Gasteiger charge is 2.22. The van der Waals surface area contributed by atoms with Crippen molar-refractivity contribution in [2.75, 3.05) is 18.0 Å². The predicted octanol–water partition coefficient (Wildman–Crippen LogP) is 2.83. The van der Waals surface area contributed by atoms with E-state index in [-0.39, 0.29) is 0 Å². The van der Waals surface area contributed by atoms with Gasteiger partial charge in [-0.15, -0.1) is 5.10 Å². The molecule has 5 heteroatoms. The van der Waals surface area contributed by atoms with E-state index in [9.17, 15) is 0 Å². The fraction of sp³-hybridized carbons (Fsp3) is 0.857. The summed E-state index contributed by atoms with van der Waals surface area (Å²) < 4.78 is 5.77. The summed E-state index contributed by atoms with van der Waals surface area (Å²) in [7, 11) is 0. The van der Waals surface area contributed by atoms with Crippen molar-refractivity contribution < 1.29 is 4.42 Å². The number of hydrogen-bond acceptors (Lipinski definition) is 5. The average Bonchev–Trinajstić information content (AvgIpc) is 2.84. The lowest BCUT2D eigenvalue weighted by Crippen LogP contribution is -2.37. The molecule has 0 aliphatic carbocycles. The number of nitrogens with zero attached hydrogens (tertiary/aromatic N) is 3. The minimum atomic E-state index is 0.467. The van der Waals surface area contributed by atoms with E-state index in [1.54, 1.807) is 0 Å². The molecule has 0 aliphatic rings. The Morgan fingerprint density at radius 3 is 2.37 bits per heavy atom. The molecule has 1 aromatic rings. The van der Waals surface area contributed by atoms with Gasteiger partial charge >= 0.3 is 6.01 Å². The first-order valence-corrected chi connectivity index (χ1v) is 7.41. The van der Waals surface area contributed by atoms with Crippen molar-refractivity contribution in [2.24, 2.45) is 5.92 Å². The van der Waals surface area contributed by atoms with Crippen LogP contribution in [0.1, 0.15) is 53.4 Å². The van der Waals surface area contributed by atoms with Gasteiger partial charge in [0.25, 0.3) is 0 Å². The van der Waals surface area contributed by atoms with E-state index < -0.39 is 0 Å².